The minimum absolute atomic E-state index is 0.100. The molecule has 0 bridgehead atoms. The molecule has 0 fully saturated rings. The predicted molar refractivity (Wildman–Crippen MR) is 123 cm³/mol. The fourth-order valence-electron chi connectivity index (χ4n) is 3.16. The number of rotatable bonds is 11. The molecule has 3 aromatic rings. The summed E-state index contributed by atoms with van der Waals surface area (Å²) < 4.78 is 59.8. The summed E-state index contributed by atoms with van der Waals surface area (Å²) in [5, 5.41) is 9.69. The van der Waals surface area contributed by atoms with Gasteiger partial charge in [0.05, 0.1) is 10.5 Å². The molecular weight excluding hydrogens is 466 g/mol. The van der Waals surface area contributed by atoms with E-state index in [9.17, 15) is 22.0 Å². The van der Waals surface area contributed by atoms with E-state index in [2.05, 4.69) is 15.5 Å². The molecule has 1 N–H and O–H groups in total. The van der Waals surface area contributed by atoms with Gasteiger partial charge in [0.2, 0.25) is 10.0 Å². The second-order valence-electron chi connectivity index (χ2n) is 7.63. The maximum atomic E-state index is 13.9. The summed E-state index contributed by atoms with van der Waals surface area (Å²) in [5.74, 6) is -2.48. The van der Waals surface area contributed by atoms with Gasteiger partial charge >= 0.3 is 6.01 Å². The van der Waals surface area contributed by atoms with Crippen molar-refractivity contribution >= 4 is 21.9 Å². The number of halogens is 2. The van der Waals surface area contributed by atoms with E-state index in [-0.39, 0.29) is 27.9 Å². The molecule has 1 amide bonds. The minimum Gasteiger partial charge on any atom is -0.403 e. The van der Waals surface area contributed by atoms with E-state index in [4.69, 9.17) is 4.42 Å². The van der Waals surface area contributed by atoms with Crippen molar-refractivity contribution < 1.29 is 26.4 Å². The lowest BCUT2D eigenvalue weighted by molar-refractivity contribution is 0.102. The number of carbonyl (C=O) groups excluding carboxylic acids is 1. The second-order valence-corrected chi connectivity index (χ2v) is 9.56. The molecule has 11 heteroatoms. The average molecular weight is 493 g/mol. The number of nitrogens with zero attached hydrogens (tertiary/aromatic N) is 3. The van der Waals surface area contributed by atoms with E-state index >= 15 is 0 Å². The van der Waals surface area contributed by atoms with Gasteiger partial charge in [0.25, 0.3) is 11.8 Å². The molecule has 182 valence electrons. The number of benzene rings is 2. The number of anilines is 1. The Balaban J connectivity index is 1.72. The summed E-state index contributed by atoms with van der Waals surface area (Å²) in [5.41, 5.74) is 0.0555. The molecule has 1 aromatic heterocycles. The fourth-order valence-corrected chi connectivity index (χ4v) is 4.68. The number of nitrogens with one attached hydrogen (secondary N) is 1. The molecule has 0 radical (unpaired) electrons. The van der Waals surface area contributed by atoms with Gasteiger partial charge in [-0.15, -0.1) is 5.10 Å². The van der Waals surface area contributed by atoms with Crippen LogP contribution in [0, 0.1) is 11.6 Å². The Morgan fingerprint density at radius 2 is 1.65 bits per heavy atom. The van der Waals surface area contributed by atoms with Gasteiger partial charge in [-0.3, -0.25) is 10.1 Å². The van der Waals surface area contributed by atoms with Crippen LogP contribution >= 0.6 is 0 Å². The molecular formula is C23H26F2N4O4S. The Kier molecular flexibility index (Phi) is 8.46. The third-order valence-electron chi connectivity index (χ3n) is 5.08. The average Bonchev–Trinajstić information content (AvgIpc) is 3.27. The van der Waals surface area contributed by atoms with Gasteiger partial charge in [-0.2, -0.15) is 4.31 Å². The normalized spacial score (nSPS) is 11.7. The van der Waals surface area contributed by atoms with Crippen molar-refractivity contribution in [3.63, 3.8) is 0 Å². The van der Waals surface area contributed by atoms with Crippen molar-refractivity contribution in [2.45, 2.75) is 44.4 Å². The molecule has 2 aromatic carbocycles. The first kappa shape index (κ1) is 25.4. The maximum Gasteiger partial charge on any atom is 0.322 e. The summed E-state index contributed by atoms with van der Waals surface area (Å²) >= 11 is 0. The van der Waals surface area contributed by atoms with Gasteiger partial charge < -0.3 is 4.42 Å². The molecule has 0 atom stereocenters. The van der Waals surface area contributed by atoms with Crippen molar-refractivity contribution in [3.05, 3.63) is 59.7 Å². The first-order valence-corrected chi connectivity index (χ1v) is 12.4. The highest BCUT2D eigenvalue weighted by molar-refractivity contribution is 7.89. The van der Waals surface area contributed by atoms with E-state index in [1.807, 2.05) is 13.8 Å². The van der Waals surface area contributed by atoms with Crippen molar-refractivity contribution in [1.29, 1.82) is 0 Å². The highest BCUT2D eigenvalue weighted by Crippen LogP contribution is 2.24. The van der Waals surface area contributed by atoms with Crippen LogP contribution in [-0.2, 0) is 10.0 Å². The summed E-state index contributed by atoms with van der Waals surface area (Å²) in [6, 6.07) is 8.11. The van der Waals surface area contributed by atoms with E-state index in [0.29, 0.717) is 19.2 Å². The van der Waals surface area contributed by atoms with Crippen LogP contribution in [0.4, 0.5) is 14.8 Å². The van der Waals surface area contributed by atoms with Gasteiger partial charge in [0.15, 0.2) is 0 Å². The first-order chi connectivity index (χ1) is 16.3. The fraction of sp³-hybridized carbons (Fsp3) is 0.348. The smallest absolute Gasteiger partial charge is 0.322 e. The number of sulfonamides is 1. The van der Waals surface area contributed by atoms with Crippen molar-refractivity contribution in [2.75, 3.05) is 18.4 Å². The topological polar surface area (TPSA) is 105 Å². The SMILES string of the molecule is CCCCN(CCCC)S(=O)(=O)c1ccc(C(=O)Nc2nnc(-c3ccc(F)cc3F)o2)cc1. The Hall–Kier alpha value is -3.18. The molecule has 0 saturated carbocycles. The molecule has 0 spiro atoms. The molecule has 0 aliphatic carbocycles. The highest BCUT2D eigenvalue weighted by Gasteiger charge is 2.24. The third-order valence-corrected chi connectivity index (χ3v) is 7.00. The zero-order chi connectivity index (χ0) is 24.7. The quantitative estimate of drug-likeness (QED) is 0.410. The van der Waals surface area contributed by atoms with Gasteiger partial charge in [-0.25, -0.2) is 17.2 Å². The largest absolute Gasteiger partial charge is 0.403 e. The number of aromatic nitrogens is 2. The Bertz CT molecular complexity index is 1220. The van der Waals surface area contributed by atoms with Gasteiger partial charge in [-0.05, 0) is 49.2 Å². The summed E-state index contributed by atoms with van der Waals surface area (Å²) in [4.78, 5) is 12.6. The molecule has 0 aliphatic heterocycles. The standard InChI is InChI=1S/C23H26F2N4O4S/c1-3-5-13-29(14-6-4-2)34(31,32)18-10-7-16(8-11-18)21(30)26-23-28-27-22(33-23)19-12-9-17(24)15-20(19)25/h7-12,15H,3-6,13-14H2,1-2H3,(H,26,28,30). The molecule has 8 nitrogen and oxygen atoms in total. The van der Waals surface area contributed by atoms with Crippen LogP contribution in [-0.4, -0.2) is 41.9 Å². The number of amides is 1. The maximum absolute atomic E-state index is 13.9. The van der Waals surface area contributed by atoms with Gasteiger partial charge in [0, 0.05) is 24.7 Å². The minimum atomic E-state index is -3.68. The Labute approximate surface area is 197 Å². The number of carbonyl (C=O) groups is 1. The molecule has 0 aliphatic rings. The van der Waals surface area contributed by atoms with Crippen molar-refractivity contribution in [3.8, 4) is 11.5 Å². The van der Waals surface area contributed by atoms with Gasteiger partial charge in [-0.1, -0.05) is 31.8 Å². The predicted octanol–water partition coefficient (Wildman–Crippen LogP) is 4.86. The zero-order valence-electron chi connectivity index (χ0n) is 18.9. The van der Waals surface area contributed by atoms with E-state index in [1.165, 1.54) is 28.6 Å². The van der Waals surface area contributed by atoms with Crippen LogP contribution < -0.4 is 5.32 Å². The zero-order valence-corrected chi connectivity index (χ0v) is 19.7. The van der Waals surface area contributed by atoms with Crippen molar-refractivity contribution in [2.24, 2.45) is 0 Å². The van der Waals surface area contributed by atoms with Crippen LogP contribution in [0.25, 0.3) is 11.5 Å². The van der Waals surface area contributed by atoms with Crippen LogP contribution in [0.15, 0.2) is 51.8 Å². The molecule has 0 saturated heterocycles. The molecule has 1 heterocycles. The summed E-state index contributed by atoms with van der Waals surface area (Å²) in [6.45, 7) is 4.88. The van der Waals surface area contributed by atoms with Gasteiger partial charge in [0.1, 0.15) is 11.6 Å². The van der Waals surface area contributed by atoms with E-state index in [0.717, 1.165) is 37.8 Å². The van der Waals surface area contributed by atoms with Crippen molar-refractivity contribution in [1.82, 2.24) is 14.5 Å². The summed E-state index contributed by atoms with van der Waals surface area (Å²) in [6.07, 6.45) is 3.28. The van der Waals surface area contributed by atoms with E-state index in [1.54, 1.807) is 0 Å². The molecule has 0 unspecified atom stereocenters. The first-order valence-electron chi connectivity index (χ1n) is 11.0. The van der Waals surface area contributed by atoms with Crippen LogP contribution in [0.3, 0.4) is 0 Å². The second kappa shape index (κ2) is 11.3. The van der Waals surface area contributed by atoms with Crippen LogP contribution in [0.2, 0.25) is 0 Å². The summed E-state index contributed by atoms with van der Waals surface area (Å²) in [7, 11) is -3.68. The number of hydrogen-bond donors (Lipinski definition) is 1. The number of hydrogen-bond acceptors (Lipinski definition) is 6. The Morgan fingerprint density at radius 3 is 2.24 bits per heavy atom. The van der Waals surface area contributed by atoms with Crippen LogP contribution in [0.1, 0.15) is 49.9 Å². The van der Waals surface area contributed by atoms with Crippen LogP contribution in [0.5, 0.6) is 0 Å². The number of unbranched alkanes of at least 4 members (excludes halogenated alkanes) is 2. The van der Waals surface area contributed by atoms with E-state index < -0.39 is 27.6 Å². The monoisotopic (exact) mass is 492 g/mol. The third kappa shape index (κ3) is 6.03. The Morgan fingerprint density at radius 1 is 1.00 bits per heavy atom. The lowest BCUT2D eigenvalue weighted by atomic mass is 10.2. The lowest BCUT2D eigenvalue weighted by Crippen LogP contribution is -2.33. The highest BCUT2D eigenvalue weighted by atomic mass is 32.2. The molecule has 3 rings (SSSR count). The molecule has 34 heavy (non-hydrogen) atoms. The lowest BCUT2D eigenvalue weighted by Gasteiger charge is -2.22.